The SMILES string of the molecule is CCCOc1ccc(C(=O)N2CC3CCC(N)C3C2)cc1OCCC.Cl. The zero-order valence-electron chi connectivity index (χ0n) is 15.8. The van der Waals surface area contributed by atoms with Crippen molar-refractivity contribution in [2.75, 3.05) is 26.3 Å². The number of halogens is 1. The van der Waals surface area contributed by atoms with Crippen LogP contribution in [0.1, 0.15) is 49.9 Å². The lowest BCUT2D eigenvalue weighted by Gasteiger charge is -2.20. The molecule has 146 valence electrons. The zero-order chi connectivity index (χ0) is 17.8. The first-order valence-electron chi connectivity index (χ1n) is 9.58. The normalized spacial score (nSPS) is 24.1. The van der Waals surface area contributed by atoms with Crippen LogP contribution in [0.25, 0.3) is 0 Å². The van der Waals surface area contributed by atoms with Gasteiger partial charge in [0.1, 0.15) is 0 Å². The predicted octanol–water partition coefficient (Wildman–Crippen LogP) is 3.50. The molecule has 3 rings (SSSR count). The number of carbonyl (C=O) groups is 1. The first-order chi connectivity index (χ1) is 12.1. The summed E-state index contributed by atoms with van der Waals surface area (Å²) in [5.41, 5.74) is 6.86. The summed E-state index contributed by atoms with van der Waals surface area (Å²) in [5.74, 6) is 2.49. The molecular formula is C20H31ClN2O3. The topological polar surface area (TPSA) is 64.8 Å². The lowest BCUT2D eigenvalue weighted by molar-refractivity contribution is 0.0779. The molecule has 3 unspecified atom stereocenters. The number of benzene rings is 1. The van der Waals surface area contributed by atoms with Gasteiger partial charge >= 0.3 is 0 Å². The van der Waals surface area contributed by atoms with Crippen LogP contribution in [0.2, 0.25) is 0 Å². The third kappa shape index (κ3) is 4.44. The van der Waals surface area contributed by atoms with E-state index >= 15 is 0 Å². The van der Waals surface area contributed by atoms with Gasteiger partial charge in [-0.25, -0.2) is 0 Å². The summed E-state index contributed by atoms with van der Waals surface area (Å²) in [6, 6.07) is 5.78. The van der Waals surface area contributed by atoms with Gasteiger partial charge in [-0.05, 0) is 55.7 Å². The first kappa shape index (κ1) is 20.8. The quantitative estimate of drug-likeness (QED) is 0.783. The molecule has 1 aromatic rings. The third-order valence-corrected chi connectivity index (χ3v) is 5.31. The number of fused-ring (bicyclic) bond motifs is 1. The fraction of sp³-hybridized carbons (Fsp3) is 0.650. The van der Waals surface area contributed by atoms with E-state index in [-0.39, 0.29) is 24.4 Å². The second kappa shape index (κ2) is 9.47. The maximum Gasteiger partial charge on any atom is 0.254 e. The summed E-state index contributed by atoms with van der Waals surface area (Å²) in [5, 5.41) is 0. The second-order valence-corrected chi connectivity index (χ2v) is 7.23. The Morgan fingerprint density at radius 2 is 1.81 bits per heavy atom. The van der Waals surface area contributed by atoms with Crippen LogP contribution in [0.3, 0.4) is 0 Å². The second-order valence-electron chi connectivity index (χ2n) is 7.23. The van der Waals surface area contributed by atoms with Gasteiger partial charge in [-0.2, -0.15) is 0 Å². The molecule has 1 saturated heterocycles. The smallest absolute Gasteiger partial charge is 0.254 e. The molecule has 0 aromatic heterocycles. The third-order valence-electron chi connectivity index (χ3n) is 5.31. The van der Waals surface area contributed by atoms with E-state index in [1.54, 1.807) is 0 Å². The Morgan fingerprint density at radius 1 is 1.12 bits per heavy atom. The molecule has 0 radical (unpaired) electrons. The number of nitrogens with zero attached hydrogens (tertiary/aromatic N) is 1. The minimum Gasteiger partial charge on any atom is -0.490 e. The van der Waals surface area contributed by atoms with E-state index in [1.807, 2.05) is 23.1 Å². The van der Waals surface area contributed by atoms with Crippen molar-refractivity contribution in [3.63, 3.8) is 0 Å². The molecular weight excluding hydrogens is 352 g/mol. The van der Waals surface area contributed by atoms with E-state index in [2.05, 4.69) is 13.8 Å². The lowest BCUT2D eigenvalue weighted by atomic mass is 9.98. The van der Waals surface area contributed by atoms with Gasteiger partial charge in [-0.15, -0.1) is 12.4 Å². The average Bonchev–Trinajstić information content (AvgIpc) is 3.20. The van der Waals surface area contributed by atoms with Crippen molar-refractivity contribution in [3.8, 4) is 11.5 Å². The van der Waals surface area contributed by atoms with E-state index < -0.39 is 0 Å². The summed E-state index contributed by atoms with van der Waals surface area (Å²) in [6.45, 7) is 7.00. The van der Waals surface area contributed by atoms with E-state index in [0.717, 1.165) is 38.8 Å². The fourth-order valence-electron chi connectivity index (χ4n) is 3.95. The summed E-state index contributed by atoms with van der Waals surface area (Å²) in [7, 11) is 0. The molecule has 1 heterocycles. The van der Waals surface area contributed by atoms with Gasteiger partial charge in [0.25, 0.3) is 5.91 Å². The Balaban J connectivity index is 0.00000243. The van der Waals surface area contributed by atoms with Crippen molar-refractivity contribution in [2.45, 2.75) is 45.6 Å². The standard InChI is InChI=1S/C20H30N2O3.ClH/c1-3-9-24-18-8-6-14(11-19(18)25-10-4-2)20(23)22-12-15-5-7-17(21)16(15)13-22;/h6,8,11,15-17H,3-5,7,9-10,12-13,21H2,1-2H3;1H. The van der Waals surface area contributed by atoms with Gasteiger partial charge < -0.3 is 20.1 Å². The van der Waals surface area contributed by atoms with Gasteiger partial charge in [0, 0.05) is 24.7 Å². The molecule has 26 heavy (non-hydrogen) atoms. The van der Waals surface area contributed by atoms with Gasteiger partial charge in [0.2, 0.25) is 0 Å². The Kier molecular flexibility index (Phi) is 7.59. The molecule has 2 fully saturated rings. The monoisotopic (exact) mass is 382 g/mol. The highest BCUT2D eigenvalue weighted by atomic mass is 35.5. The molecule has 1 aliphatic carbocycles. The minimum absolute atomic E-state index is 0. The Labute approximate surface area is 162 Å². The molecule has 0 bridgehead atoms. The molecule has 6 heteroatoms. The van der Waals surface area contributed by atoms with Crippen molar-refractivity contribution >= 4 is 18.3 Å². The number of rotatable bonds is 7. The van der Waals surface area contributed by atoms with Gasteiger partial charge in [0.15, 0.2) is 11.5 Å². The van der Waals surface area contributed by atoms with Crippen molar-refractivity contribution < 1.29 is 14.3 Å². The molecule has 1 saturated carbocycles. The number of nitrogens with two attached hydrogens (primary N) is 1. The van der Waals surface area contributed by atoms with Crippen molar-refractivity contribution in [1.82, 2.24) is 4.90 Å². The largest absolute Gasteiger partial charge is 0.490 e. The summed E-state index contributed by atoms with van der Waals surface area (Å²) < 4.78 is 11.6. The minimum atomic E-state index is 0. The van der Waals surface area contributed by atoms with Crippen LogP contribution in [0.4, 0.5) is 0 Å². The number of likely N-dealkylation sites (tertiary alicyclic amines) is 1. The van der Waals surface area contributed by atoms with Crippen LogP contribution in [0, 0.1) is 11.8 Å². The Hall–Kier alpha value is -1.46. The maximum absolute atomic E-state index is 12.9. The maximum atomic E-state index is 12.9. The summed E-state index contributed by atoms with van der Waals surface area (Å²) >= 11 is 0. The van der Waals surface area contributed by atoms with Gasteiger partial charge in [-0.3, -0.25) is 4.79 Å². The molecule has 1 aromatic carbocycles. The van der Waals surface area contributed by atoms with E-state index in [1.165, 1.54) is 0 Å². The van der Waals surface area contributed by atoms with Crippen LogP contribution >= 0.6 is 12.4 Å². The number of amides is 1. The molecule has 1 aliphatic heterocycles. The van der Waals surface area contributed by atoms with Crippen LogP contribution < -0.4 is 15.2 Å². The van der Waals surface area contributed by atoms with Crippen LogP contribution in [0.5, 0.6) is 11.5 Å². The average molecular weight is 383 g/mol. The number of hydrogen-bond acceptors (Lipinski definition) is 4. The number of ether oxygens (including phenoxy) is 2. The van der Waals surface area contributed by atoms with Crippen LogP contribution in [0.15, 0.2) is 18.2 Å². The summed E-state index contributed by atoms with van der Waals surface area (Å²) in [4.78, 5) is 14.9. The van der Waals surface area contributed by atoms with Crippen molar-refractivity contribution in [2.24, 2.45) is 17.6 Å². The first-order valence-corrected chi connectivity index (χ1v) is 9.58. The molecule has 1 amide bonds. The highest BCUT2D eigenvalue weighted by Crippen LogP contribution is 2.38. The Bertz CT molecular complexity index is 611. The molecule has 3 atom stereocenters. The van der Waals surface area contributed by atoms with Crippen molar-refractivity contribution in [1.29, 1.82) is 0 Å². The van der Waals surface area contributed by atoms with Gasteiger partial charge in [0.05, 0.1) is 13.2 Å². The molecule has 0 spiro atoms. The van der Waals surface area contributed by atoms with Crippen LogP contribution in [-0.2, 0) is 0 Å². The Morgan fingerprint density at radius 3 is 2.46 bits per heavy atom. The van der Waals surface area contributed by atoms with E-state index in [0.29, 0.717) is 42.1 Å². The van der Waals surface area contributed by atoms with E-state index in [9.17, 15) is 4.79 Å². The highest BCUT2D eigenvalue weighted by Gasteiger charge is 2.42. The summed E-state index contributed by atoms with van der Waals surface area (Å²) in [6.07, 6.45) is 4.09. The lowest BCUT2D eigenvalue weighted by Crippen LogP contribution is -2.33. The predicted molar refractivity (Wildman–Crippen MR) is 105 cm³/mol. The molecule has 2 aliphatic rings. The molecule has 2 N–H and O–H groups in total. The van der Waals surface area contributed by atoms with Gasteiger partial charge in [-0.1, -0.05) is 13.8 Å². The fourth-order valence-corrected chi connectivity index (χ4v) is 3.95. The van der Waals surface area contributed by atoms with Crippen molar-refractivity contribution in [3.05, 3.63) is 23.8 Å². The molecule has 5 nitrogen and oxygen atoms in total. The highest BCUT2D eigenvalue weighted by molar-refractivity contribution is 5.95. The zero-order valence-corrected chi connectivity index (χ0v) is 16.6. The van der Waals surface area contributed by atoms with Crippen LogP contribution in [-0.4, -0.2) is 43.2 Å². The number of hydrogen-bond donors (Lipinski definition) is 1. The van der Waals surface area contributed by atoms with E-state index in [4.69, 9.17) is 15.2 Å². The number of carbonyl (C=O) groups excluding carboxylic acids is 1.